The largest absolute Gasteiger partial charge is 0.381 e. The van der Waals surface area contributed by atoms with Crippen LogP contribution in [-0.2, 0) is 17.6 Å². The quantitative estimate of drug-likeness (QED) is 0.695. The monoisotopic (exact) mass is 313 g/mol. The molecule has 2 aromatic rings. The molecule has 3 rings (SSSR count). The van der Waals surface area contributed by atoms with E-state index >= 15 is 0 Å². The molecular weight excluding hydrogens is 290 g/mol. The number of hydrogen-bond acceptors (Lipinski definition) is 4. The van der Waals surface area contributed by atoms with Crippen LogP contribution >= 0.6 is 0 Å². The van der Waals surface area contributed by atoms with Crippen molar-refractivity contribution >= 4 is 5.78 Å². The first kappa shape index (κ1) is 15.9. The van der Waals surface area contributed by atoms with Gasteiger partial charge >= 0.3 is 0 Å². The van der Waals surface area contributed by atoms with Gasteiger partial charge in [0.05, 0.1) is 0 Å². The van der Waals surface area contributed by atoms with E-state index in [9.17, 15) is 4.79 Å². The number of aromatic nitrogens is 1. The number of ketones is 1. The molecule has 2 heterocycles. The summed E-state index contributed by atoms with van der Waals surface area (Å²) in [5, 5.41) is 3.93. The van der Waals surface area contributed by atoms with E-state index in [1.165, 1.54) is 5.56 Å². The van der Waals surface area contributed by atoms with Gasteiger partial charge in [-0.1, -0.05) is 35.5 Å². The van der Waals surface area contributed by atoms with Crippen LogP contribution in [-0.4, -0.2) is 24.2 Å². The first-order valence-electron chi connectivity index (χ1n) is 8.42. The number of ether oxygens (including phenoxy) is 1. The number of carbonyl (C=O) groups excluding carboxylic acids is 1. The van der Waals surface area contributed by atoms with Gasteiger partial charge in [0.25, 0.3) is 0 Å². The normalized spacial score (nSPS) is 17.5. The number of benzene rings is 1. The molecule has 0 amide bonds. The van der Waals surface area contributed by atoms with Crippen LogP contribution in [0.2, 0.25) is 0 Å². The zero-order valence-corrected chi connectivity index (χ0v) is 13.4. The number of rotatable bonds is 8. The van der Waals surface area contributed by atoms with E-state index in [2.05, 4.69) is 29.4 Å². The Hall–Kier alpha value is -1.94. The minimum Gasteiger partial charge on any atom is -0.381 e. The lowest BCUT2D eigenvalue weighted by Gasteiger charge is -2.04. The van der Waals surface area contributed by atoms with Crippen LogP contribution in [0.1, 0.15) is 47.5 Å². The maximum atomic E-state index is 12.1. The van der Waals surface area contributed by atoms with Gasteiger partial charge in [-0.05, 0) is 37.2 Å². The van der Waals surface area contributed by atoms with Crippen LogP contribution in [0.3, 0.4) is 0 Å². The van der Waals surface area contributed by atoms with Crippen LogP contribution in [0, 0.1) is 5.92 Å². The average Bonchev–Trinajstić information content (AvgIpc) is 3.25. The van der Waals surface area contributed by atoms with Crippen molar-refractivity contribution < 1.29 is 14.1 Å². The summed E-state index contributed by atoms with van der Waals surface area (Å²) in [5.74, 6) is 1.40. The number of aryl methyl sites for hydroxylation is 2. The summed E-state index contributed by atoms with van der Waals surface area (Å²) in [5.41, 5.74) is 1.79. The topological polar surface area (TPSA) is 52.3 Å². The molecule has 0 bridgehead atoms. The Labute approximate surface area is 136 Å². The fourth-order valence-electron chi connectivity index (χ4n) is 2.95. The van der Waals surface area contributed by atoms with Crippen LogP contribution in [0.5, 0.6) is 0 Å². The second-order valence-corrected chi connectivity index (χ2v) is 6.21. The molecular formula is C19H23NO3. The van der Waals surface area contributed by atoms with Gasteiger partial charge in [0, 0.05) is 32.1 Å². The van der Waals surface area contributed by atoms with E-state index in [0.717, 1.165) is 51.1 Å². The van der Waals surface area contributed by atoms with Gasteiger partial charge in [-0.3, -0.25) is 4.79 Å². The summed E-state index contributed by atoms with van der Waals surface area (Å²) in [4.78, 5) is 12.1. The summed E-state index contributed by atoms with van der Waals surface area (Å²) in [6, 6.07) is 12.2. The lowest BCUT2D eigenvalue weighted by molar-refractivity contribution is 0.0962. The number of nitrogens with zero attached hydrogens (tertiary/aromatic N) is 1. The van der Waals surface area contributed by atoms with Gasteiger partial charge in [0.2, 0.25) is 0 Å². The van der Waals surface area contributed by atoms with Gasteiger partial charge in [-0.15, -0.1) is 0 Å². The molecule has 23 heavy (non-hydrogen) atoms. The van der Waals surface area contributed by atoms with Crippen molar-refractivity contribution in [1.29, 1.82) is 0 Å². The molecule has 1 atom stereocenters. The first-order chi connectivity index (χ1) is 11.3. The van der Waals surface area contributed by atoms with Gasteiger partial charge in [0.15, 0.2) is 5.78 Å². The number of Topliss-reactive ketones (excluding diaryl/α,β-unsaturated/α-hetero) is 1. The third-order valence-electron chi connectivity index (χ3n) is 4.38. The van der Waals surface area contributed by atoms with Crippen molar-refractivity contribution in [2.24, 2.45) is 5.92 Å². The van der Waals surface area contributed by atoms with Gasteiger partial charge in [0.1, 0.15) is 11.5 Å². The van der Waals surface area contributed by atoms with Crippen molar-refractivity contribution in [2.75, 3.05) is 13.2 Å². The van der Waals surface area contributed by atoms with E-state index in [-0.39, 0.29) is 5.78 Å². The summed E-state index contributed by atoms with van der Waals surface area (Å²) in [6.45, 7) is 1.62. The van der Waals surface area contributed by atoms with Crippen LogP contribution < -0.4 is 0 Å². The summed E-state index contributed by atoms with van der Waals surface area (Å²) < 4.78 is 10.6. The van der Waals surface area contributed by atoms with E-state index in [1.807, 2.05) is 6.07 Å². The first-order valence-corrected chi connectivity index (χ1v) is 8.42. The van der Waals surface area contributed by atoms with E-state index in [4.69, 9.17) is 9.26 Å². The van der Waals surface area contributed by atoms with Crippen molar-refractivity contribution in [3.8, 4) is 0 Å². The van der Waals surface area contributed by atoms with Crippen molar-refractivity contribution in [3.05, 3.63) is 53.4 Å². The molecule has 4 heteroatoms. The smallest absolute Gasteiger partial charge is 0.184 e. The lowest BCUT2D eigenvalue weighted by Crippen LogP contribution is -2.05. The molecule has 1 fully saturated rings. The fourth-order valence-corrected chi connectivity index (χ4v) is 2.95. The zero-order chi connectivity index (χ0) is 15.9. The number of carbonyl (C=O) groups is 1. The fraction of sp³-hybridized carbons (Fsp3) is 0.474. The van der Waals surface area contributed by atoms with E-state index in [0.29, 0.717) is 18.0 Å². The van der Waals surface area contributed by atoms with E-state index in [1.54, 1.807) is 6.07 Å². The van der Waals surface area contributed by atoms with Gasteiger partial charge in [-0.25, -0.2) is 0 Å². The maximum Gasteiger partial charge on any atom is 0.184 e. The average molecular weight is 313 g/mol. The molecule has 1 aromatic carbocycles. The Morgan fingerprint density at radius 1 is 1.22 bits per heavy atom. The highest BCUT2D eigenvalue weighted by Crippen LogP contribution is 2.19. The highest BCUT2D eigenvalue weighted by atomic mass is 16.5. The highest BCUT2D eigenvalue weighted by molar-refractivity contribution is 5.94. The van der Waals surface area contributed by atoms with Gasteiger partial charge < -0.3 is 9.26 Å². The van der Waals surface area contributed by atoms with E-state index < -0.39 is 0 Å². The third-order valence-corrected chi connectivity index (χ3v) is 4.38. The molecule has 0 saturated carbocycles. The molecule has 1 saturated heterocycles. The van der Waals surface area contributed by atoms with Crippen molar-refractivity contribution in [2.45, 2.75) is 38.5 Å². The predicted octanol–water partition coefficient (Wildman–Crippen LogP) is 3.85. The molecule has 1 aliphatic heterocycles. The standard InChI is InChI=1S/C19H23NO3/c21-19(10-9-16-11-12-22-14-16)18-13-17(23-20-18)8-4-7-15-5-2-1-3-6-15/h1-3,5-6,13,16H,4,7-12,14H2. The Kier molecular flexibility index (Phi) is 5.59. The van der Waals surface area contributed by atoms with Crippen LogP contribution in [0.15, 0.2) is 40.9 Å². The minimum atomic E-state index is 0.0787. The summed E-state index contributed by atoms with van der Waals surface area (Å²) in [6.07, 6.45) is 5.29. The second kappa shape index (κ2) is 8.06. The van der Waals surface area contributed by atoms with Crippen molar-refractivity contribution in [3.63, 3.8) is 0 Å². The molecule has 0 N–H and O–H groups in total. The lowest BCUT2D eigenvalue weighted by atomic mass is 10.00. The Bertz CT molecular complexity index is 615. The Balaban J connectivity index is 1.42. The summed E-state index contributed by atoms with van der Waals surface area (Å²) in [7, 11) is 0. The molecule has 1 unspecified atom stereocenters. The minimum absolute atomic E-state index is 0.0787. The van der Waals surface area contributed by atoms with Crippen LogP contribution in [0.25, 0.3) is 0 Å². The molecule has 1 aromatic heterocycles. The maximum absolute atomic E-state index is 12.1. The molecule has 0 radical (unpaired) electrons. The Morgan fingerprint density at radius 3 is 2.87 bits per heavy atom. The molecule has 4 nitrogen and oxygen atoms in total. The molecule has 1 aliphatic rings. The third kappa shape index (κ3) is 4.76. The van der Waals surface area contributed by atoms with Crippen LogP contribution in [0.4, 0.5) is 0 Å². The second-order valence-electron chi connectivity index (χ2n) is 6.21. The zero-order valence-electron chi connectivity index (χ0n) is 13.4. The summed E-state index contributed by atoms with van der Waals surface area (Å²) >= 11 is 0. The number of hydrogen-bond donors (Lipinski definition) is 0. The molecule has 122 valence electrons. The Morgan fingerprint density at radius 2 is 2.09 bits per heavy atom. The van der Waals surface area contributed by atoms with Gasteiger partial charge in [-0.2, -0.15) is 0 Å². The SMILES string of the molecule is O=C(CCC1CCOC1)c1cc(CCCc2ccccc2)on1. The molecule has 0 spiro atoms. The molecule has 0 aliphatic carbocycles. The predicted molar refractivity (Wildman–Crippen MR) is 87.5 cm³/mol. The van der Waals surface area contributed by atoms with Crippen molar-refractivity contribution in [1.82, 2.24) is 5.16 Å². The highest BCUT2D eigenvalue weighted by Gasteiger charge is 2.19.